The van der Waals surface area contributed by atoms with Crippen molar-refractivity contribution in [3.8, 4) is 5.75 Å². The van der Waals surface area contributed by atoms with Gasteiger partial charge in [-0.3, -0.25) is 0 Å². The van der Waals surface area contributed by atoms with Gasteiger partial charge in [0.05, 0.1) is 12.0 Å². The zero-order valence-corrected chi connectivity index (χ0v) is 13.5. The van der Waals surface area contributed by atoms with Crippen LogP contribution in [0, 0.1) is 13.8 Å². The Kier molecular flexibility index (Phi) is 5.82. The summed E-state index contributed by atoms with van der Waals surface area (Å²) < 4.78 is 32.8. The van der Waals surface area contributed by atoms with Crippen LogP contribution in [0.5, 0.6) is 5.75 Å². The van der Waals surface area contributed by atoms with Crippen LogP contribution in [0.15, 0.2) is 17.0 Å². The summed E-state index contributed by atoms with van der Waals surface area (Å²) in [5, 5.41) is 3.15. The predicted octanol–water partition coefficient (Wildman–Crippen LogP) is 1.37. The molecule has 0 saturated carbocycles. The number of methoxy groups -OCH3 is 1. The molecule has 0 bridgehead atoms. The van der Waals surface area contributed by atoms with Crippen molar-refractivity contribution >= 4 is 22.4 Å². The molecule has 0 aromatic heterocycles. The van der Waals surface area contributed by atoms with Gasteiger partial charge in [-0.1, -0.05) is 0 Å². The molecular formula is C13H21ClN2O3S. The molecule has 7 heteroatoms. The second kappa shape index (κ2) is 6.76. The van der Waals surface area contributed by atoms with Crippen molar-refractivity contribution < 1.29 is 13.2 Å². The van der Waals surface area contributed by atoms with E-state index in [2.05, 4.69) is 10.0 Å². The third-order valence-electron chi connectivity index (χ3n) is 3.32. The van der Waals surface area contributed by atoms with Gasteiger partial charge in [-0.2, -0.15) is 0 Å². The highest BCUT2D eigenvalue weighted by Gasteiger charge is 2.25. The summed E-state index contributed by atoms with van der Waals surface area (Å²) in [6, 6.07) is 3.47. The van der Waals surface area contributed by atoms with Gasteiger partial charge in [0.15, 0.2) is 0 Å². The molecule has 1 unspecified atom stereocenters. The highest BCUT2D eigenvalue weighted by Crippen LogP contribution is 2.25. The summed E-state index contributed by atoms with van der Waals surface area (Å²) in [6.45, 7) is 5.12. The van der Waals surface area contributed by atoms with Crippen LogP contribution in [0.4, 0.5) is 0 Å². The number of hydrogen-bond acceptors (Lipinski definition) is 4. The monoisotopic (exact) mass is 320 g/mol. The van der Waals surface area contributed by atoms with E-state index in [9.17, 15) is 8.42 Å². The van der Waals surface area contributed by atoms with Crippen molar-refractivity contribution in [2.24, 2.45) is 0 Å². The first kappa shape index (κ1) is 17.2. The van der Waals surface area contributed by atoms with Crippen molar-refractivity contribution in [1.82, 2.24) is 10.0 Å². The molecule has 1 aromatic carbocycles. The van der Waals surface area contributed by atoms with E-state index >= 15 is 0 Å². The molecule has 1 heterocycles. The van der Waals surface area contributed by atoms with Crippen LogP contribution >= 0.6 is 12.4 Å². The molecule has 1 aliphatic heterocycles. The molecule has 5 nitrogen and oxygen atoms in total. The number of rotatable bonds is 4. The van der Waals surface area contributed by atoms with Crippen LogP contribution in [0.25, 0.3) is 0 Å². The fourth-order valence-electron chi connectivity index (χ4n) is 2.49. The average molecular weight is 321 g/mol. The van der Waals surface area contributed by atoms with E-state index in [0.29, 0.717) is 28.3 Å². The van der Waals surface area contributed by atoms with E-state index in [4.69, 9.17) is 4.74 Å². The van der Waals surface area contributed by atoms with E-state index in [1.807, 2.05) is 0 Å². The molecule has 2 rings (SSSR count). The second-order valence-electron chi connectivity index (χ2n) is 4.90. The molecule has 1 atom stereocenters. The Bertz CT molecular complexity index is 546. The number of ether oxygens (including phenoxy) is 1. The van der Waals surface area contributed by atoms with Gasteiger partial charge in [0.25, 0.3) is 0 Å². The molecule has 20 heavy (non-hydrogen) atoms. The highest BCUT2D eigenvalue weighted by molar-refractivity contribution is 7.89. The summed E-state index contributed by atoms with van der Waals surface area (Å²) in [6.07, 6.45) is 0.827. The van der Waals surface area contributed by atoms with Gasteiger partial charge in [-0.05, 0) is 50.1 Å². The van der Waals surface area contributed by atoms with Crippen LogP contribution in [0.3, 0.4) is 0 Å². The highest BCUT2D eigenvalue weighted by atomic mass is 35.5. The number of benzene rings is 1. The maximum absolute atomic E-state index is 12.4. The van der Waals surface area contributed by atoms with Gasteiger partial charge in [0.2, 0.25) is 10.0 Å². The second-order valence-corrected chi connectivity index (χ2v) is 6.55. The number of sulfonamides is 1. The molecule has 1 aromatic rings. The maximum atomic E-state index is 12.4. The molecule has 1 saturated heterocycles. The summed E-state index contributed by atoms with van der Waals surface area (Å²) in [4.78, 5) is 0.361. The number of hydrogen-bond donors (Lipinski definition) is 2. The van der Waals surface area contributed by atoms with Crippen LogP contribution in [-0.4, -0.2) is 34.7 Å². The fourth-order valence-corrected chi connectivity index (χ4v) is 4.21. The third kappa shape index (κ3) is 3.63. The van der Waals surface area contributed by atoms with E-state index in [0.717, 1.165) is 13.0 Å². The van der Waals surface area contributed by atoms with Crippen LogP contribution in [0.1, 0.15) is 17.5 Å². The first-order valence-electron chi connectivity index (χ1n) is 6.32. The minimum absolute atomic E-state index is 0. The van der Waals surface area contributed by atoms with E-state index < -0.39 is 10.0 Å². The molecule has 0 amide bonds. The van der Waals surface area contributed by atoms with Gasteiger partial charge in [-0.15, -0.1) is 12.4 Å². The lowest BCUT2D eigenvalue weighted by Crippen LogP contribution is -2.36. The lowest BCUT2D eigenvalue weighted by Gasteiger charge is -2.16. The summed E-state index contributed by atoms with van der Waals surface area (Å²) in [5.41, 5.74) is 1.41. The number of halogens is 1. The van der Waals surface area contributed by atoms with Crippen LogP contribution in [-0.2, 0) is 10.0 Å². The van der Waals surface area contributed by atoms with E-state index in [1.165, 1.54) is 0 Å². The molecule has 0 aliphatic carbocycles. The zero-order chi connectivity index (χ0) is 14.0. The smallest absolute Gasteiger partial charge is 0.241 e. The minimum Gasteiger partial charge on any atom is -0.497 e. The lowest BCUT2D eigenvalue weighted by molar-refractivity contribution is 0.413. The first-order chi connectivity index (χ1) is 8.94. The maximum Gasteiger partial charge on any atom is 0.241 e. The van der Waals surface area contributed by atoms with Crippen LogP contribution < -0.4 is 14.8 Å². The molecule has 1 fully saturated rings. The normalized spacial score (nSPS) is 18.6. The first-order valence-corrected chi connectivity index (χ1v) is 7.80. The van der Waals surface area contributed by atoms with Crippen molar-refractivity contribution in [3.05, 3.63) is 23.3 Å². The molecule has 0 spiro atoms. The van der Waals surface area contributed by atoms with Crippen LogP contribution in [0.2, 0.25) is 0 Å². The Hall–Kier alpha value is -0.820. The Morgan fingerprint density at radius 3 is 2.35 bits per heavy atom. The average Bonchev–Trinajstić information content (AvgIpc) is 2.79. The Morgan fingerprint density at radius 1 is 1.30 bits per heavy atom. The minimum atomic E-state index is -3.48. The Labute approximate surface area is 126 Å². The third-order valence-corrected chi connectivity index (χ3v) is 5.15. The molecule has 1 aliphatic rings. The zero-order valence-electron chi connectivity index (χ0n) is 11.9. The predicted molar refractivity (Wildman–Crippen MR) is 81.3 cm³/mol. The Balaban J connectivity index is 0.00000200. The topological polar surface area (TPSA) is 67.4 Å². The quantitative estimate of drug-likeness (QED) is 0.879. The molecular weight excluding hydrogens is 300 g/mol. The van der Waals surface area contributed by atoms with Crippen molar-refractivity contribution in [3.63, 3.8) is 0 Å². The van der Waals surface area contributed by atoms with Gasteiger partial charge < -0.3 is 10.1 Å². The summed E-state index contributed by atoms with van der Waals surface area (Å²) in [7, 11) is -1.90. The standard InChI is InChI=1S/C13H20N2O3S.ClH/c1-9-6-12(18-3)7-10(2)13(9)19(16,17)15-11-4-5-14-8-11;/h6-7,11,14-15H,4-5,8H2,1-3H3;1H. The van der Waals surface area contributed by atoms with Gasteiger partial charge >= 0.3 is 0 Å². The lowest BCUT2D eigenvalue weighted by atomic mass is 10.1. The molecule has 2 N–H and O–H groups in total. The van der Waals surface area contributed by atoms with Crippen molar-refractivity contribution in [2.45, 2.75) is 31.2 Å². The summed E-state index contributed by atoms with van der Waals surface area (Å²) in [5.74, 6) is 0.677. The van der Waals surface area contributed by atoms with E-state index in [-0.39, 0.29) is 18.4 Å². The summed E-state index contributed by atoms with van der Waals surface area (Å²) >= 11 is 0. The number of aryl methyl sites for hydroxylation is 2. The number of nitrogens with one attached hydrogen (secondary N) is 2. The van der Waals surface area contributed by atoms with Crippen molar-refractivity contribution in [1.29, 1.82) is 0 Å². The Morgan fingerprint density at radius 2 is 1.90 bits per heavy atom. The molecule has 114 valence electrons. The van der Waals surface area contributed by atoms with E-state index in [1.54, 1.807) is 33.1 Å². The van der Waals surface area contributed by atoms with Gasteiger partial charge in [0, 0.05) is 12.6 Å². The van der Waals surface area contributed by atoms with Gasteiger partial charge in [-0.25, -0.2) is 13.1 Å². The van der Waals surface area contributed by atoms with Crippen molar-refractivity contribution in [2.75, 3.05) is 20.2 Å². The fraction of sp³-hybridized carbons (Fsp3) is 0.538. The SMILES string of the molecule is COc1cc(C)c(S(=O)(=O)NC2CCNC2)c(C)c1.Cl. The molecule has 0 radical (unpaired) electrons. The van der Waals surface area contributed by atoms with Gasteiger partial charge in [0.1, 0.15) is 5.75 Å². The largest absolute Gasteiger partial charge is 0.497 e.